The number of rotatable bonds is 5. The monoisotopic (exact) mass is 650 g/mol. The Bertz CT molecular complexity index is 2840. The Morgan fingerprint density at radius 2 is 0.922 bits per heavy atom. The third kappa shape index (κ3) is 4.88. The summed E-state index contributed by atoms with van der Waals surface area (Å²) in [5, 5.41) is 7.13. The summed E-state index contributed by atoms with van der Waals surface area (Å²) in [4.78, 5) is 15.3. The lowest BCUT2D eigenvalue weighted by atomic mass is 10.00. The minimum Gasteiger partial charge on any atom is -0.309 e. The van der Waals surface area contributed by atoms with Crippen LogP contribution in [-0.4, -0.2) is 19.5 Å². The van der Waals surface area contributed by atoms with E-state index in [0.717, 1.165) is 49.7 Å². The quantitative estimate of drug-likeness (QED) is 0.174. The highest BCUT2D eigenvalue weighted by Crippen LogP contribution is 2.42. The van der Waals surface area contributed by atoms with Gasteiger partial charge in [0.15, 0.2) is 17.5 Å². The third-order valence-electron chi connectivity index (χ3n) is 9.83. The number of nitrogens with zero attached hydrogens (tertiary/aromatic N) is 4. The van der Waals surface area contributed by atoms with E-state index in [0.29, 0.717) is 17.5 Å². The van der Waals surface area contributed by atoms with Gasteiger partial charge < -0.3 is 4.57 Å². The highest BCUT2D eigenvalue weighted by Gasteiger charge is 2.21. The fourth-order valence-corrected chi connectivity index (χ4v) is 7.48. The first-order valence-electron chi connectivity index (χ1n) is 17.2. The predicted octanol–water partition coefficient (Wildman–Crippen LogP) is 11.9. The molecule has 10 rings (SSSR count). The fraction of sp³-hybridized carbons (Fsp3) is 0. The van der Waals surface area contributed by atoms with Crippen LogP contribution in [0.4, 0.5) is 0 Å². The number of benzene rings is 8. The van der Waals surface area contributed by atoms with Crippen molar-refractivity contribution >= 4 is 43.4 Å². The smallest absolute Gasteiger partial charge is 0.164 e. The average Bonchev–Trinajstić information content (AvgIpc) is 3.55. The van der Waals surface area contributed by atoms with Gasteiger partial charge in [-0.1, -0.05) is 158 Å². The molecule has 0 fully saturated rings. The normalized spacial score (nSPS) is 11.5. The molecule has 0 saturated heterocycles. The van der Waals surface area contributed by atoms with Gasteiger partial charge in [-0.25, -0.2) is 15.0 Å². The molecular formula is C47H30N4. The average molecular weight is 651 g/mol. The minimum atomic E-state index is 0.640. The first kappa shape index (κ1) is 29.0. The van der Waals surface area contributed by atoms with E-state index in [1.807, 2.05) is 36.4 Å². The Hall–Kier alpha value is -6.91. The van der Waals surface area contributed by atoms with Gasteiger partial charge in [-0.05, 0) is 51.6 Å². The Balaban J connectivity index is 1.32. The molecule has 0 bridgehead atoms. The lowest BCUT2D eigenvalue weighted by Gasteiger charge is -2.14. The summed E-state index contributed by atoms with van der Waals surface area (Å²) in [6.07, 6.45) is 0. The van der Waals surface area contributed by atoms with Crippen LogP contribution in [0.15, 0.2) is 182 Å². The molecule has 51 heavy (non-hydrogen) atoms. The topological polar surface area (TPSA) is 43.6 Å². The molecule has 0 aliphatic rings. The van der Waals surface area contributed by atoms with Crippen molar-refractivity contribution in [2.24, 2.45) is 0 Å². The zero-order valence-corrected chi connectivity index (χ0v) is 27.6. The molecule has 0 unspecified atom stereocenters. The van der Waals surface area contributed by atoms with E-state index in [1.165, 1.54) is 27.1 Å². The van der Waals surface area contributed by atoms with Crippen molar-refractivity contribution in [3.8, 4) is 51.0 Å². The summed E-state index contributed by atoms with van der Waals surface area (Å²) < 4.78 is 2.43. The zero-order chi connectivity index (χ0) is 33.7. The molecule has 2 heterocycles. The minimum absolute atomic E-state index is 0.640. The molecule has 0 N–H and O–H groups in total. The fourth-order valence-electron chi connectivity index (χ4n) is 7.48. The van der Waals surface area contributed by atoms with Gasteiger partial charge in [-0.2, -0.15) is 0 Å². The van der Waals surface area contributed by atoms with Gasteiger partial charge in [0.05, 0.1) is 16.7 Å². The molecule has 8 aromatic carbocycles. The Morgan fingerprint density at radius 3 is 1.65 bits per heavy atom. The lowest BCUT2D eigenvalue weighted by Crippen LogP contribution is -2.00. The first-order chi connectivity index (χ1) is 25.3. The second-order valence-electron chi connectivity index (χ2n) is 12.8. The Morgan fingerprint density at radius 1 is 0.333 bits per heavy atom. The number of hydrogen-bond acceptors (Lipinski definition) is 3. The standard InChI is InChI=1S/C47H30N4/c1-4-14-31(15-5-1)36-28-29-40-39(30-36)44-38(47-49-45(34-17-6-2-7-18-34)48-46(50-47)35-19-8-3-9-20-35)23-13-25-42(44)51(40)41-24-12-21-33-27-26-32-16-10-11-22-37(32)43(33)41/h1-30H. The maximum absolute atomic E-state index is 5.18. The molecule has 0 spiro atoms. The summed E-state index contributed by atoms with van der Waals surface area (Å²) in [5.41, 5.74) is 8.54. The van der Waals surface area contributed by atoms with Crippen molar-refractivity contribution in [2.75, 3.05) is 0 Å². The van der Waals surface area contributed by atoms with Crippen LogP contribution < -0.4 is 0 Å². The van der Waals surface area contributed by atoms with Crippen LogP contribution in [0.1, 0.15) is 0 Å². The molecule has 4 nitrogen and oxygen atoms in total. The Labute approximate surface area is 295 Å². The molecule has 0 atom stereocenters. The van der Waals surface area contributed by atoms with Crippen molar-refractivity contribution in [3.63, 3.8) is 0 Å². The molecule has 0 radical (unpaired) electrons. The second kappa shape index (κ2) is 11.9. The maximum atomic E-state index is 5.18. The number of hydrogen-bond donors (Lipinski definition) is 0. The van der Waals surface area contributed by atoms with Gasteiger partial charge in [0.2, 0.25) is 0 Å². The third-order valence-corrected chi connectivity index (χ3v) is 9.83. The van der Waals surface area contributed by atoms with Gasteiger partial charge in [-0.3, -0.25) is 0 Å². The molecule has 4 heteroatoms. The molecule has 0 aliphatic heterocycles. The number of fused-ring (bicyclic) bond motifs is 6. The van der Waals surface area contributed by atoms with Gasteiger partial charge in [0.25, 0.3) is 0 Å². The van der Waals surface area contributed by atoms with Crippen molar-refractivity contribution in [3.05, 3.63) is 182 Å². The van der Waals surface area contributed by atoms with Crippen LogP contribution in [0, 0.1) is 0 Å². The lowest BCUT2D eigenvalue weighted by molar-refractivity contribution is 1.08. The summed E-state index contributed by atoms with van der Waals surface area (Å²) in [6, 6.07) is 64.0. The van der Waals surface area contributed by atoms with E-state index in [-0.39, 0.29) is 0 Å². The van der Waals surface area contributed by atoms with E-state index in [9.17, 15) is 0 Å². The van der Waals surface area contributed by atoms with Crippen molar-refractivity contribution < 1.29 is 0 Å². The van der Waals surface area contributed by atoms with Gasteiger partial charge in [0.1, 0.15) is 0 Å². The molecule has 0 amide bonds. The molecule has 2 aromatic heterocycles. The van der Waals surface area contributed by atoms with E-state index in [4.69, 9.17) is 15.0 Å². The summed E-state index contributed by atoms with van der Waals surface area (Å²) in [7, 11) is 0. The highest BCUT2D eigenvalue weighted by molar-refractivity contribution is 6.19. The van der Waals surface area contributed by atoms with Crippen LogP contribution in [0.25, 0.3) is 94.3 Å². The van der Waals surface area contributed by atoms with Gasteiger partial charge in [0, 0.05) is 32.8 Å². The maximum Gasteiger partial charge on any atom is 0.164 e. The van der Waals surface area contributed by atoms with Crippen LogP contribution >= 0.6 is 0 Å². The molecule has 238 valence electrons. The van der Waals surface area contributed by atoms with Gasteiger partial charge in [-0.15, -0.1) is 0 Å². The summed E-state index contributed by atoms with van der Waals surface area (Å²) in [5.74, 6) is 1.93. The number of aromatic nitrogens is 4. The van der Waals surface area contributed by atoms with Crippen LogP contribution in [0.2, 0.25) is 0 Å². The van der Waals surface area contributed by atoms with E-state index < -0.39 is 0 Å². The summed E-state index contributed by atoms with van der Waals surface area (Å²) >= 11 is 0. The summed E-state index contributed by atoms with van der Waals surface area (Å²) in [6.45, 7) is 0. The predicted molar refractivity (Wildman–Crippen MR) is 211 cm³/mol. The van der Waals surface area contributed by atoms with Gasteiger partial charge >= 0.3 is 0 Å². The molecule has 0 aliphatic carbocycles. The van der Waals surface area contributed by atoms with Crippen LogP contribution in [-0.2, 0) is 0 Å². The largest absolute Gasteiger partial charge is 0.309 e. The zero-order valence-electron chi connectivity index (χ0n) is 27.6. The van der Waals surface area contributed by atoms with E-state index in [2.05, 4.69) is 150 Å². The first-order valence-corrected chi connectivity index (χ1v) is 17.2. The molecule has 0 saturated carbocycles. The van der Waals surface area contributed by atoms with Crippen LogP contribution in [0.5, 0.6) is 0 Å². The molecular weight excluding hydrogens is 621 g/mol. The van der Waals surface area contributed by atoms with Crippen molar-refractivity contribution in [1.29, 1.82) is 0 Å². The molecule has 10 aromatic rings. The van der Waals surface area contributed by atoms with E-state index >= 15 is 0 Å². The highest BCUT2D eigenvalue weighted by atomic mass is 15.0. The van der Waals surface area contributed by atoms with E-state index in [1.54, 1.807) is 0 Å². The van der Waals surface area contributed by atoms with Crippen molar-refractivity contribution in [1.82, 2.24) is 19.5 Å². The SMILES string of the molecule is c1ccc(-c2ccc3c(c2)c2c(-c4nc(-c5ccccc5)nc(-c5ccccc5)n4)cccc2n3-c2cccc3ccc4ccccc4c23)cc1. The Kier molecular flexibility index (Phi) is 6.78. The second-order valence-corrected chi connectivity index (χ2v) is 12.8. The van der Waals surface area contributed by atoms with Crippen molar-refractivity contribution in [2.45, 2.75) is 0 Å². The van der Waals surface area contributed by atoms with Crippen LogP contribution in [0.3, 0.4) is 0 Å².